The number of carboxylic acid groups (broad SMARTS) is 2. The quantitative estimate of drug-likeness (QED) is 0.120. The highest BCUT2D eigenvalue weighted by molar-refractivity contribution is 6.32. The van der Waals surface area contributed by atoms with Crippen molar-refractivity contribution < 1.29 is 38.7 Å². The zero-order valence-electron chi connectivity index (χ0n) is 32.4. The van der Waals surface area contributed by atoms with Crippen molar-refractivity contribution in [3.8, 4) is 34.0 Å². The fraction of sp³-hybridized carbons (Fsp3) is 0.429. The number of aromatic nitrogens is 2. The normalized spacial score (nSPS) is 15.2. The van der Waals surface area contributed by atoms with Gasteiger partial charge in [-0.15, -0.1) is 0 Å². The Bertz CT molecular complexity index is 2060. The zero-order valence-corrected chi connectivity index (χ0v) is 33.9. The predicted octanol–water partition coefficient (Wildman–Crippen LogP) is 8.07. The van der Waals surface area contributed by atoms with Crippen molar-refractivity contribution in [3.05, 3.63) is 102 Å². The van der Waals surface area contributed by atoms with Crippen molar-refractivity contribution >= 4 is 35.1 Å². The number of carboxylic acids is 2. The molecule has 300 valence electrons. The zero-order chi connectivity index (χ0) is 40.8. The Hall–Kier alpha value is -4.62. The predicted molar refractivity (Wildman–Crippen MR) is 215 cm³/mol. The molecule has 14 heteroatoms. The summed E-state index contributed by atoms with van der Waals surface area (Å²) in [6, 6.07) is 10.3. The van der Waals surface area contributed by atoms with Crippen LogP contribution in [0.4, 0.5) is 0 Å². The van der Waals surface area contributed by atoms with E-state index in [0.29, 0.717) is 72.2 Å². The van der Waals surface area contributed by atoms with Gasteiger partial charge in [0.05, 0.1) is 34.6 Å². The minimum atomic E-state index is -1.22. The molecule has 2 N–H and O–H groups in total. The van der Waals surface area contributed by atoms with Crippen molar-refractivity contribution in [2.75, 3.05) is 40.6 Å². The second-order valence-electron chi connectivity index (χ2n) is 14.6. The van der Waals surface area contributed by atoms with E-state index in [2.05, 4.69) is 27.7 Å². The molecule has 0 bridgehead atoms. The number of rotatable bonds is 14. The number of pyridine rings is 2. The number of hydrogen-bond acceptors (Lipinski definition) is 8. The molecule has 0 spiro atoms. The van der Waals surface area contributed by atoms with Crippen LogP contribution in [0, 0.1) is 11.8 Å². The summed E-state index contributed by atoms with van der Waals surface area (Å²) in [6.07, 6.45) is 5.83. The van der Waals surface area contributed by atoms with Crippen molar-refractivity contribution in [1.29, 1.82) is 0 Å². The van der Waals surface area contributed by atoms with Gasteiger partial charge in [-0.3, -0.25) is 9.59 Å². The van der Waals surface area contributed by atoms with E-state index in [4.69, 9.17) is 42.1 Å². The molecule has 0 fully saturated rings. The maximum atomic E-state index is 12.3. The molecule has 2 aliphatic heterocycles. The van der Waals surface area contributed by atoms with Crippen molar-refractivity contribution in [3.63, 3.8) is 0 Å². The lowest BCUT2D eigenvalue weighted by atomic mass is 9.87. The fourth-order valence-corrected chi connectivity index (χ4v) is 7.60. The van der Waals surface area contributed by atoms with Gasteiger partial charge in [0.15, 0.2) is 10.9 Å². The Morgan fingerprint density at radius 3 is 1.36 bits per heavy atom. The summed E-state index contributed by atoms with van der Waals surface area (Å²) in [4.78, 5) is 47.5. The van der Waals surface area contributed by atoms with Crippen LogP contribution in [-0.4, -0.2) is 71.9 Å². The number of methoxy groups -OCH3 is 2. The summed E-state index contributed by atoms with van der Waals surface area (Å²) in [5, 5.41) is 19.6. The third-order valence-electron chi connectivity index (χ3n) is 10.1. The lowest BCUT2D eigenvalue weighted by Gasteiger charge is -2.33. The molecule has 2 aromatic heterocycles. The van der Waals surface area contributed by atoms with E-state index in [1.807, 2.05) is 21.3 Å². The molecule has 4 aromatic rings. The molecular formula is C42H48Cl2N2O10. The topological polar surface area (TPSA) is 156 Å². The third-order valence-corrected chi connectivity index (χ3v) is 10.7. The molecule has 2 atom stereocenters. The first kappa shape index (κ1) is 42.5. The molecule has 0 amide bonds. The van der Waals surface area contributed by atoms with Gasteiger partial charge in [0.2, 0.25) is 0 Å². The number of carbonyl (C=O) groups is 2. The maximum absolute atomic E-state index is 12.3. The minimum absolute atomic E-state index is 0.0312. The number of ether oxygens (including phenoxy) is 4. The minimum Gasteiger partial charge on any atom is -0.492 e. The highest BCUT2D eigenvalue weighted by Crippen LogP contribution is 2.43. The molecular weight excluding hydrogens is 763 g/mol. The van der Waals surface area contributed by atoms with Gasteiger partial charge < -0.3 is 38.3 Å². The fourth-order valence-electron chi connectivity index (χ4n) is 7.16. The Labute approximate surface area is 335 Å². The molecule has 2 aromatic carbocycles. The molecule has 0 unspecified atom stereocenters. The average molecular weight is 812 g/mol. The van der Waals surface area contributed by atoms with E-state index in [1.165, 1.54) is 24.5 Å². The summed E-state index contributed by atoms with van der Waals surface area (Å²) < 4.78 is 25.5. The number of benzene rings is 2. The lowest BCUT2D eigenvalue weighted by Crippen LogP contribution is -2.28. The van der Waals surface area contributed by atoms with E-state index in [1.54, 1.807) is 26.4 Å². The van der Waals surface area contributed by atoms with Crippen LogP contribution in [0.1, 0.15) is 84.5 Å². The average Bonchev–Trinajstić information content (AvgIpc) is 3.14. The summed E-state index contributed by atoms with van der Waals surface area (Å²) in [5.41, 5.74) is 3.64. The highest BCUT2D eigenvalue weighted by atomic mass is 35.5. The van der Waals surface area contributed by atoms with Gasteiger partial charge in [-0.25, -0.2) is 9.59 Å². The van der Waals surface area contributed by atoms with Crippen LogP contribution in [-0.2, 0) is 22.3 Å². The van der Waals surface area contributed by atoms with Crippen LogP contribution in [0.2, 0.25) is 10.0 Å². The largest absolute Gasteiger partial charge is 0.492 e. The molecule has 56 heavy (non-hydrogen) atoms. The number of aromatic carboxylic acids is 2. The van der Waals surface area contributed by atoms with Crippen LogP contribution in [0.25, 0.3) is 22.5 Å². The molecule has 6 rings (SSSR count). The summed E-state index contributed by atoms with van der Waals surface area (Å²) >= 11 is 12.8. The first-order chi connectivity index (χ1) is 26.7. The Balaban J connectivity index is 0.000000214. The van der Waals surface area contributed by atoms with Gasteiger partial charge in [0.25, 0.3) is 0 Å². The Morgan fingerprint density at radius 1 is 0.661 bits per heavy atom. The number of halogens is 2. The first-order valence-electron chi connectivity index (χ1n) is 18.5. The number of fused-ring (bicyclic) bond motifs is 6. The highest BCUT2D eigenvalue weighted by Gasteiger charge is 2.30. The van der Waals surface area contributed by atoms with Gasteiger partial charge in [-0.1, -0.05) is 50.9 Å². The second kappa shape index (κ2) is 18.5. The van der Waals surface area contributed by atoms with Crippen LogP contribution in [0.3, 0.4) is 0 Å². The van der Waals surface area contributed by atoms with Crippen molar-refractivity contribution in [1.82, 2.24) is 9.13 Å². The first-order valence-corrected chi connectivity index (χ1v) is 19.3. The van der Waals surface area contributed by atoms with E-state index in [9.17, 15) is 29.4 Å². The third kappa shape index (κ3) is 9.32. The van der Waals surface area contributed by atoms with Crippen LogP contribution >= 0.6 is 23.2 Å². The van der Waals surface area contributed by atoms with Gasteiger partial charge >= 0.3 is 11.9 Å². The SMILES string of the molecule is COCCCOc1cc2c(cc1Cl)-c1cc(=O)c(C(=O)O)cn1[C@@H](C(C)C)C2.COCCCOc1cc2c(cc1Cl)-c1cc(=O)c(C(=O)O)cn1[C@H](C(C)C)C2. The number of hydrogen-bond donors (Lipinski definition) is 2. The molecule has 2 aliphatic rings. The maximum Gasteiger partial charge on any atom is 0.341 e. The van der Waals surface area contributed by atoms with Crippen LogP contribution in [0.15, 0.2) is 58.4 Å². The summed E-state index contributed by atoms with van der Waals surface area (Å²) in [6.45, 7) is 10.5. The van der Waals surface area contributed by atoms with E-state index < -0.39 is 22.8 Å². The molecule has 0 aliphatic carbocycles. The van der Waals surface area contributed by atoms with Gasteiger partial charge in [-0.2, -0.15) is 0 Å². The molecule has 4 heterocycles. The molecule has 0 saturated heterocycles. The van der Waals surface area contributed by atoms with Gasteiger partial charge in [-0.05, 0) is 60.1 Å². The van der Waals surface area contributed by atoms with E-state index >= 15 is 0 Å². The van der Waals surface area contributed by atoms with E-state index in [-0.39, 0.29) is 35.0 Å². The van der Waals surface area contributed by atoms with E-state index in [0.717, 1.165) is 35.1 Å². The summed E-state index contributed by atoms with van der Waals surface area (Å²) in [7, 11) is 3.29. The Kier molecular flexibility index (Phi) is 14.1. The van der Waals surface area contributed by atoms with Crippen molar-refractivity contribution in [2.45, 2.75) is 65.5 Å². The lowest BCUT2D eigenvalue weighted by molar-refractivity contribution is 0.0683. The second-order valence-corrected chi connectivity index (χ2v) is 15.4. The number of nitrogens with zero attached hydrogens (tertiary/aromatic N) is 2. The standard InChI is InChI=1S/2C21H24ClNO5/c2*1-12(2)17-7-13-8-20(28-6-4-5-27-3)16(22)9-14(13)18-10-19(24)15(21(25)26)11-23(17)18/h2*8-12,17H,4-7H2,1-3H3,(H,25,26)/t2*17-/m10/s1. The van der Waals surface area contributed by atoms with Crippen LogP contribution in [0.5, 0.6) is 11.5 Å². The summed E-state index contributed by atoms with van der Waals surface area (Å²) in [5.74, 6) is -0.720. The Morgan fingerprint density at radius 2 is 1.04 bits per heavy atom. The smallest absolute Gasteiger partial charge is 0.341 e. The molecule has 0 radical (unpaired) electrons. The van der Waals surface area contributed by atoms with Gasteiger partial charge in [0, 0.05) is 88.0 Å². The van der Waals surface area contributed by atoms with Crippen molar-refractivity contribution in [2.24, 2.45) is 11.8 Å². The molecule has 0 saturated carbocycles. The van der Waals surface area contributed by atoms with Gasteiger partial charge in [0.1, 0.15) is 22.6 Å². The monoisotopic (exact) mass is 810 g/mol. The molecule has 12 nitrogen and oxygen atoms in total. The van der Waals surface area contributed by atoms with Crippen LogP contribution < -0.4 is 20.3 Å².